The molecule has 0 bridgehead atoms. The Kier molecular flexibility index (Phi) is 6.75. The van der Waals surface area contributed by atoms with Crippen LogP contribution >= 0.6 is 0 Å². The minimum Gasteiger partial charge on any atom is -0.376 e. The van der Waals surface area contributed by atoms with Crippen molar-refractivity contribution < 1.29 is 17.9 Å². The van der Waals surface area contributed by atoms with Crippen LogP contribution in [0.15, 0.2) is 24.3 Å². The number of alkyl halides is 3. The molecule has 148 valence electrons. The summed E-state index contributed by atoms with van der Waals surface area (Å²) in [5.74, 6) is 0. The second-order valence-electron chi connectivity index (χ2n) is 8.20. The van der Waals surface area contributed by atoms with Gasteiger partial charge < -0.3 is 15.0 Å². The molecule has 0 aliphatic carbocycles. The van der Waals surface area contributed by atoms with Gasteiger partial charge in [-0.05, 0) is 65.4 Å². The van der Waals surface area contributed by atoms with E-state index in [0.717, 1.165) is 50.5 Å². The molecule has 0 spiro atoms. The van der Waals surface area contributed by atoms with Crippen molar-refractivity contribution in [3.8, 4) is 0 Å². The predicted molar refractivity (Wildman–Crippen MR) is 98.4 cm³/mol. The Morgan fingerprint density at radius 2 is 1.92 bits per heavy atom. The summed E-state index contributed by atoms with van der Waals surface area (Å²) in [6.45, 7) is 7.19. The van der Waals surface area contributed by atoms with Crippen molar-refractivity contribution in [2.24, 2.45) is 0 Å². The maximum absolute atomic E-state index is 13.2. The Labute approximate surface area is 154 Å². The summed E-state index contributed by atoms with van der Waals surface area (Å²) in [5.41, 5.74) is -0.429. The first kappa shape index (κ1) is 21.2. The van der Waals surface area contributed by atoms with Gasteiger partial charge in [-0.2, -0.15) is 13.2 Å². The Bertz CT molecular complexity index is 587. The number of hydrogen-bond donors (Lipinski definition) is 1. The molecule has 0 radical (unpaired) electrons. The fourth-order valence-electron chi connectivity index (χ4n) is 3.86. The van der Waals surface area contributed by atoms with Gasteiger partial charge >= 0.3 is 6.18 Å². The first-order valence-electron chi connectivity index (χ1n) is 9.21. The minimum atomic E-state index is -4.32. The lowest BCUT2D eigenvalue weighted by Crippen LogP contribution is -2.45. The van der Waals surface area contributed by atoms with E-state index < -0.39 is 11.7 Å². The number of rotatable bonds is 7. The highest BCUT2D eigenvalue weighted by molar-refractivity contribution is 5.33. The lowest BCUT2D eigenvalue weighted by atomic mass is 9.67. The van der Waals surface area contributed by atoms with Gasteiger partial charge in [0, 0.05) is 25.1 Å². The summed E-state index contributed by atoms with van der Waals surface area (Å²) in [5, 5.41) is 3.43. The van der Waals surface area contributed by atoms with Gasteiger partial charge in [0.2, 0.25) is 0 Å². The van der Waals surface area contributed by atoms with Crippen molar-refractivity contribution in [2.75, 3.05) is 40.3 Å². The van der Waals surface area contributed by atoms with E-state index in [0.29, 0.717) is 6.61 Å². The van der Waals surface area contributed by atoms with Gasteiger partial charge in [-0.1, -0.05) is 18.2 Å². The average molecular weight is 372 g/mol. The van der Waals surface area contributed by atoms with Crippen LogP contribution in [0.2, 0.25) is 0 Å². The summed E-state index contributed by atoms with van der Waals surface area (Å²) in [4.78, 5) is 2.10. The molecule has 1 saturated heterocycles. The molecule has 6 heteroatoms. The highest BCUT2D eigenvalue weighted by Crippen LogP contribution is 2.45. The highest BCUT2D eigenvalue weighted by atomic mass is 19.4. The third-order valence-corrected chi connectivity index (χ3v) is 5.16. The molecular weight excluding hydrogens is 341 g/mol. The third-order valence-electron chi connectivity index (χ3n) is 5.16. The Balaban J connectivity index is 2.21. The molecule has 3 nitrogen and oxygen atoms in total. The number of benzene rings is 1. The Hall–Kier alpha value is -1.11. The quantitative estimate of drug-likeness (QED) is 0.730. The molecule has 1 aliphatic heterocycles. The molecular formula is C20H31F3N2O. The van der Waals surface area contributed by atoms with E-state index in [1.165, 1.54) is 12.1 Å². The summed E-state index contributed by atoms with van der Waals surface area (Å²) < 4.78 is 45.4. The van der Waals surface area contributed by atoms with Crippen LogP contribution in [-0.2, 0) is 16.3 Å². The maximum atomic E-state index is 13.2. The predicted octanol–water partition coefficient (Wildman–Crippen LogP) is 4.07. The van der Waals surface area contributed by atoms with Gasteiger partial charge in [0.05, 0.1) is 11.2 Å². The van der Waals surface area contributed by atoms with E-state index in [1.807, 2.05) is 34.0 Å². The molecule has 0 aromatic heterocycles. The van der Waals surface area contributed by atoms with Crippen LogP contribution in [0.1, 0.15) is 44.2 Å². The Morgan fingerprint density at radius 1 is 1.19 bits per heavy atom. The van der Waals surface area contributed by atoms with Crippen molar-refractivity contribution in [1.82, 2.24) is 10.2 Å². The number of hydrogen-bond acceptors (Lipinski definition) is 3. The summed E-state index contributed by atoms with van der Waals surface area (Å²) in [7, 11) is 4.04. The number of nitrogens with zero attached hydrogens (tertiary/aromatic N) is 1. The van der Waals surface area contributed by atoms with E-state index in [9.17, 15) is 13.2 Å². The normalized spacial score (nSPS) is 23.4. The maximum Gasteiger partial charge on any atom is 0.416 e. The van der Waals surface area contributed by atoms with Gasteiger partial charge in [-0.25, -0.2) is 0 Å². The van der Waals surface area contributed by atoms with Crippen molar-refractivity contribution in [3.63, 3.8) is 0 Å². The van der Waals surface area contributed by atoms with Crippen LogP contribution in [0, 0.1) is 0 Å². The number of halogens is 3. The second-order valence-corrected chi connectivity index (χ2v) is 8.20. The molecule has 1 N–H and O–H groups in total. The Morgan fingerprint density at radius 3 is 2.54 bits per heavy atom. The molecule has 1 aromatic rings. The zero-order chi connectivity index (χ0) is 19.4. The van der Waals surface area contributed by atoms with Crippen LogP contribution in [0.5, 0.6) is 0 Å². The van der Waals surface area contributed by atoms with Crippen LogP contribution < -0.4 is 5.32 Å². The highest BCUT2D eigenvalue weighted by Gasteiger charge is 2.42. The van der Waals surface area contributed by atoms with Gasteiger partial charge in [-0.15, -0.1) is 0 Å². The average Bonchev–Trinajstić information content (AvgIpc) is 2.52. The van der Waals surface area contributed by atoms with Gasteiger partial charge in [0.25, 0.3) is 0 Å². The fourth-order valence-corrected chi connectivity index (χ4v) is 3.86. The van der Waals surface area contributed by atoms with E-state index in [4.69, 9.17) is 4.74 Å². The van der Waals surface area contributed by atoms with Crippen LogP contribution in [0.4, 0.5) is 13.2 Å². The van der Waals surface area contributed by atoms with Crippen LogP contribution in [0.3, 0.4) is 0 Å². The molecule has 0 saturated carbocycles. The van der Waals surface area contributed by atoms with Gasteiger partial charge in [-0.3, -0.25) is 0 Å². The van der Waals surface area contributed by atoms with E-state index >= 15 is 0 Å². The van der Waals surface area contributed by atoms with Gasteiger partial charge in [0.15, 0.2) is 0 Å². The van der Waals surface area contributed by atoms with E-state index in [-0.39, 0.29) is 11.0 Å². The lowest BCUT2D eigenvalue weighted by molar-refractivity contribution is -0.137. The lowest BCUT2D eigenvalue weighted by Gasteiger charge is -2.46. The summed E-state index contributed by atoms with van der Waals surface area (Å²) >= 11 is 0. The molecule has 0 amide bonds. The summed E-state index contributed by atoms with van der Waals surface area (Å²) in [6, 6.07) is 5.86. The van der Waals surface area contributed by atoms with Crippen molar-refractivity contribution >= 4 is 0 Å². The number of likely N-dealkylation sites (N-methyl/N-ethyl adjacent to an activating group) is 1. The topological polar surface area (TPSA) is 24.5 Å². The zero-order valence-electron chi connectivity index (χ0n) is 16.2. The van der Waals surface area contributed by atoms with Crippen molar-refractivity contribution in [1.29, 1.82) is 0 Å². The minimum absolute atomic E-state index is 0.297. The summed E-state index contributed by atoms with van der Waals surface area (Å²) in [6.07, 6.45) is -2.06. The van der Waals surface area contributed by atoms with E-state index in [2.05, 4.69) is 10.2 Å². The monoisotopic (exact) mass is 372 g/mol. The number of ether oxygens (including phenoxy) is 1. The molecule has 2 rings (SSSR count). The second kappa shape index (κ2) is 8.28. The molecule has 1 heterocycles. The molecule has 1 atom stereocenters. The van der Waals surface area contributed by atoms with Crippen LogP contribution in [0.25, 0.3) is 0 Å². The van der Waals surface area contributed by atoms with Crippen molar-refractivity contribution in [3.05, 3.63) is 35.4 Å². The third kappa shape index (κ3) is 5.69. The smallest absolute Gasteiger partial charge is 0.376 e. The van der Waals surface area contributed by atoms with E-state index in [1.54, 1.807) is 0 Å². The molecule has 1 fully saturated rings. The number of nitrogens with one attached hydrogen (secondary N) is 1. The first-order valence-corrected chi connectivity index (χ1v) is 9.21. The zero-order valence-corrected chi connectivity index (χ0v) is 16.2. The van der Waals surface area contributed by atoms with Gasteiger partial charge in [0.1, 0.15) is 0 Å². The SMILES string of the molecule is CN(C)CCNCCC1(c2cccc(C(F)(F)F)c2)CCOC(C)(C)C1. The molecule has 1 aliphatic rings. The molecule has 1 unspecified atom stereocenters. The molecule has 1 aromatic carbocycles. The molecule has 26 heavy (non-hydrogen) atoms. The van der Waals surface area contributed by atoms with Crippen LogP contribution in [-0.4, -0.2) is 50.8 Å². The first-order chi connectivity index (χ1) is 12.0. The van der Waals surface area contributed by atoms with Crippen molar-refractivity contribution in [2.45, 2.75) is 50.3 Å². The standard InChI is InChI=1S/C20H31F3N2O/c1-18(2)15-19(9-13-26-18,8-10-24-11-12-25(3)4)16-6-5-7-17(14-16)20(21,22)23/h5-7,14,24H,8-13,15H2,1-4H3. The fraction of sp³-hybridized carbons (Fsp3) is 0.700. The largest absolute Gasteiger partial charge is 0.416 e.